The molecule has 5 aromatic carbocycles. The predicted molar refractivity (Wildman–Crippen MR) is 192 cm³/mol. The minimum absolute atomic E-state index is 0.0829. The first-order valence-electron chi connectivity index (χ1n) is 13.5. The lowest BCUT2D eigenvalue weighted by atomic mass is 9.84. The maximum Gasteiger partial charge on any atom is 0.0334 e. The van der Waals surface area contributed by atoms with Crippen LogP contribution in [0.25, 0.3) is 43.8 Å². The average Bonchev–Trinajstić information content (AvgIpc) is 2.91. The standard InChI is InChI=1S/C38H32I2/c1-37(2,3)31-11-15-33(29(23-31)17-19-39)25-9-13-35-27(21-25)7-8-28-22-26(10-14-36(28)35)34-16-12-32(38(4,5)6)24-30(34)18-20-40/h7-16,21-24H,1-6H3. The molecule has 0 aliphatic heterocycles. The van der Waals surface area contributed by atoms with Crippen LogP contribution in [0.1, 0.15) is 63.8 Å². The number of benzene rings is 5. The van der Waals surface area contributed by atoms with E-state index in [9.17, 15) is 0 Å². The Bertz CT molecular complexity index is 1750. The highest BCUT2D eigenvalue weighted by Gasteiger charge is 2.17. The first-order valence-corrected chi connectivity index (χ1v) is 15.6. The summed E-state index contributed by atoms with van der Waals surface area (Å²) >= 11 is 4.26. The molecule has 40 heavy (non-hydrogen) atoms. The second-order valence-corrected chi connectivity index (χ2v) is 13.5. The van der Waals surface area contributed by atoms with Crippen LogP contribution in [0.5, 0.6) is 0 Å². The van der Waals surface area contributed by atoms with Gasteiger partial charge in [-0.15, -0.1) is 0 Å². The van der Waals surface area contributed by atoms with E-state index < -0.39 is 0 Å². The fourth-order valence-corrected chi connectivity index (χ4v) is 5.82. The van der Waals surface area contributed by atoms with Gasteiger partial charge in [0.25, 0.3) is 0 Å². The Morgan fingerprint density at radius 3 is 1.23 bits per heavy atom. The lowest BCUT2D eigenvalue weighted by molar-refractivity contribution is 0.590. The number of hydrogen-bond donors (Lipinski definition) is 0. The molecule has 0 saturated heterocycles. The van der Waals surface area contributed by atoms with Crippen molar-refractivity contribution in [3.63, 3.8) is 0 Å². The molecule has 0 aromatic heterocycles. The van der Waals surface area contributed by atoms with Crippen molar-refractivity contribution in [1.29, 1.82) is 0 Å². The quantitative estimate of drug-likeness (QED) is 0.0960. The summed E-state index contributed by atoms with van der Waals surface area (Å²) in [5.41, 5.74) is 9.66. The molecule has 0 saturated carbocycles. The van der Waals surface area contributed by atoms with E-state index in [1.807, 2.05) is 0 Å². The SMILES string of the molecule is CC(C)(C)c1ccc(-c2ccc3c(ccc4cc(-c5ccc(C(C)(C)C)cc5C#CI)ccc43)c2)c(C#CI)c1. The summed E-state index contributed by atoms with van der Waals surface area (Å²) in [6.45, 7) is 13.5. The maximum atomic E-state index is 3.34. The Kier molecular flexibility index (Phi) is 8.06. The van der Waals surface area contributed by atoms with Gasteiger partial charge in [0.05, 0.1) is 0 Å². The van der Waals surface area contributed by atoms with Crippen LogP contribution in [0.2, 0.25) is 0 Å². The lowest BCUT2D eigenvalue weighted by Crippen LogP contribution is -2.11. The molecule has 0 bridgehead atoms. The third-order valence-electron chi connectivity index (χ3n) is 7.59. The van der Waals surface area contributed by atoms with Gasteiger partial charge >= 0.3 is 0 Å². The lowest BCUT2D eigenvalue weighted by Gasteiger charge is -2.20. The van der Waals surface area contributed by atoms with E-state index in [0.29, 0.717) is 0 Å². The molecule has 2 heteroatoms. The summed E-state index contributed by atoms with van der Waals surface area (Å²) in [5, 5.41) is 4.99. The van der Waals surface area contributed by atoms with Gasteiger partial charge in [-0.1, -0.05) is 114 Å². The molecule has 0 atom stereocenters. The molecule has 198 valence electrons. The normalized spacial score (nSPS) is 11.6. The zero-order valence-corrected chi connectivity index (χ0v) is 28.2. The first kappa shape index (κ1) is 28.7. The Hall–Kier alpha value is -2.80. The third kappa shape index (κ3) is 5.81. The number of rotatable bonds is 2. The predicted octanol–water partition coefficient (Wildman–Crippen LogP) is 11.4. The van der Waals surface area contributed by atoms with Gasteiger partial charge in [-0.3, -0.25) is 0 Å². The highest BCUT2D eigenvalue weighted by atomic mass is 127. The monoisotopic (exact) mass is 742 g/mol. The van der Waals surface area contributed by atoms with E-state index in [4.69, 9.17) is 0 Å². The van der Waals surface area contributed by atoms with E-state index >= 15 is 0 Å². The first-order chi connectivity index (χ1) is 19.0. The van der Waals surface area contributed by atoms with E-state index in [-0.39, 0.29) is 10.8 Å². The highest BCUT2D eigenvalue weighted by molar-refractivity contribution is 14.1. The van der Waals surface area contributed by atoms with Crippen molar-refractivity contribution in [1.82, 2.24) is 0 Å². The Balaban J connectivity index is 1.59. The van der Waals surface area contributed by atoms with Crippen molar-refractivity contribution in [3.8, 4) is 41.9 Å². The van der Waals surface area contributed by atoms with Gasteiger partial charge in [-0.05, 0) is 97.9 Å². The van der Waals surface area contributed by atoms with Crippen LogP contribution in [0.4, 0.5) is 0 Å². The van der Waals surface area contributed by atoms with E-state index in [2.05, 4.69) is 191 Å². The molecule has 0 heterocycles. The van der Waals surface area contributed by atoms with Crippen molar-refractivity contribution in [2.24, 2.45) is 0 Å². The largest absolute Gasteiger partial charge is 0.0578 e. The number of halogens is 2. The molecule has 0 aliphatic carbocycles. The van der Waals surface area contributed by atoms with Gasteiger partial charge in [0.2, 0.25) is 0 Å². The van der Waals surface area contributed by atoms with Crippen molar-refractivity contribution in [2.45, 2.75) is 52.4 Å². The molecule has 0 nitrogen and oxygen atoms in total. The van der Waals surface area contributed by atoms with Crippen molar-refractivity contribution in [2.75, 3.05) is 0 Å². The number of hydrogen-bond acceptors (Lipinski definition) is 0. The van der Waals surface area contributed by atoms with Crippen molar-refractivity contribution < 1.29 is 0 Å². The third-order valence-corrected chi connectivity index (χ3v) is 8.13. The van der Waals surface area contributed by atoms with E-state index in [0.717, 1.165) is 11.1 Å². The van der Waals surface area contributed by atoms with Gasteiger partial charge in [-0.2, -0.15) is 0 Å². The van der Waals surface area contributed by atoms with Crippen LogP contribution in [-0.2, 0) is 10.8 Å². The van der Waals surface area contributed by atoms with Gasteiger partial charge in [-0.25, -0.2) is 0 Å². The average molecular weight is 742 g/mol. The molecule has 0 N–H and O–H groups in total. The molecule has 0 unspecified atom stereocenters. The smallest absolute Gasteiger partial charge is 0.0334 e. The summed E-state index contributed by atoms with van der Waals surface area (Å²) in [6, 6.07) is 31.5. The minimum atomic E-state index is 0.0829. The maximum absolute atomic E-state index is 3.34. The second kappa shape index (κ2) is 11.2. The minimum Gasteiger partial charge on any atom is -0.0578 e. The summed E-state index contributed by atoms with van der Waals surface area (Å²) in [5.74, 6) is 6.68. The Morgan fingerprint density at radius 1 is 0.475 bits per heavy atom. The van der Waals surface area contributed by atoms with E-state index in [1.54, 1.807) is 0 Å². The van der Waals surface area contributed by atoms with Gasteiger partial charge < -0.3 is 0 Å². The molecule has 0 radical (unpaired) electrons. The molecule has 0 aliphatic rings. The molecular weight excluding hydrogens is 710 g/mol. The van der Waals surface area contributed by atoms with Gasteiger partial charge in [0.15, 0.2) is 0 Å². The highest BCUT2D eigenvalue weighted by Crippen LogP contribution is 2.36. The van der Waals surface area contributed by atoms with Crippen molar-refractivity contribution >= 4 is 66.7 Å². The summed E-state index contributed by atoms with van der Waals surface area (Å²) < 4.78 is 6.17. The summed E-state index contributed by atoms with van der Waals surface area (Å²) in [4.78, 5) is 0. The van der Waals surface area contributed by atoms with Crippen LogP contribution >= 0.6 is 45.2 Å². The summed E-state index contributed by atoms with van der Waals surface area (Å²) in [6.07, 6.45) is 0. The fourth-order valence-electron chi connectivity index (χ4n) is 5.24. The van der Waals surface area contributed by atoms with Gasteiger partial charge in [0.1, 0.15) is 0 Å². The molecular formula is C38H32I2. The van der Waals surface area contributed by atoms with Gasteiger partial charge in [0, 0.05) is 56.3 Å². The molecule has 0 fully saturated rings. The zero-order valence-electron chi connectivity index (χ0n) is 23.8. The molecule has 5 aromatic rings. The molecule has 5 rings (SSSR count). The van der Waals surface area contributed by atoms with Crippen LogP contribution in [-0.4, -0.2) is 0 Å². The summed E-state index contributed by atoms with van der Waals surface area (Å²) in [7, 11) is 0. The van der Waals surface area contributed by atoms with Crippen molar-refractivity contribution in [3.05, 3.63) is 107 Å². The molecule has 0 spiro atoms. The van der Waals surface area contributed by atoms with Crippen LogP contribution < -0.4 is 0 Å². The second-order valence-electron chi connectivity index (χ2n) is 12.4. The fraction of sp³-hybridized carbons (Fsp3) is 0.211. The van der Waals surface area contributed by atoms with Crippen LogP contribution in [0.3, 0.4) is 0 Å². The molecule has 0 amide bonds. The Morgan fingerprint density at radius 2 is 0.875 bits per heavy atom. The Labute approximate surface area is 266 Å². The number of fused-ring (bicyclic) bond motifs is 3. The van der Waals surface area contributed by atoms with Crippen LogP contribution in [0.15, 0.2) is 84.9 Å². The van der Waals surface area contributed by atoms with Crippen LogP contribution in [0, 0.1) is 19.7 Å². The topological polar surface area (TPSA) is 0 Å². The van der Waals surface area contributed by atoms with E-state index in [1.165, 1.54) is 54.9 Å². The zero-order chi connectivity index (χ0) is 28.7.